The predicted molar refractivity (Wildman–Crippen MR) is 98.6 cm³/mol. The first kappa shape index (κ1) is 19.1. The van der Waals surface area contributed by atoms with E-state index in [9.17, 15) is 9.90 Å². The fourth-order valence-corrected chi connectivity index (χ4v) is 2.82. The van der Waals surface area contributed by atoms with Crippen LogP contribution in [0, 0.1) is 0 Å². The Labute approximate surface area is 153 Å². The number of benzene rings is 2. The van der Waals surface area contributed by atoms with Crippen molar-refractivity contribution in [1.29, 1.82) is 0 Å². The van der Waals surface area contributed by atoms with E-state index in [1.54, 1.807) is 6.92 Å². The Morgan fingerprint density at radius 3 is 2.56 bits per heavy atom. The van der Waals surface area contributed by atoms with Crippen molar-refractivity contribution in [3.05, 3.63) is 58.6 Å². The van der Waals surface area contributed by atoms with E-state index in [2.05, 4.69) is 31.5 Å². The third-order valence-corrected chi connectivity index (χ3v) is 4.24. The number of amides is 1. The number of ether oxygens (including phenoxy) is 1. The van der Waals surface area contributed by atoms with Crippen LogP contribution in [0.1, 0.15) is 28.9 Å². The lowest BCUT2D eigenvalue weighted by molar-refractivity contribution is -0.890. The highest BCUT2D eigenvalue weighted by atomic mass is 35.5. The first-order chi connectivity index (χ1) is 11.9. The van der Waals surface area contributed by atoms with Crippen LogP contribution in [-0.4, -0.2) is 38.3 Å². The molecular formula is C19H24ClN2O3+. The molecule has 0 bridgehead atoms. The van der Waals surface area contributed by atoms with Crippen LogP contribution in [0.15, 0.2) is 42.5 Å². The molecule has 0 fully saturated rings. The van der Waals surface area contributed by atoms with Crippen molar-refractivity contribution in [2.24, 2.45) is 0 Å². The van der Waals surface area contributed by atoms with Gasteiger partial charge in [-0.25, -0.2) is 0 Å². The smallest absolute Gasteiger partial charge is 0.251 e. The number of quaternary nitrogens is 1. The van der Waals surface area contributed by atoms with Crippen molar-refractivity contribution in [1.82, 2.24) is 5.32 Å². The first-order valence-corrected chi connectivity index (χ1v) is 8.60. The first-order valence-electron chi connectivity index (χ1n) is 8.22. The summed E-state index contributed by atoms with van der Waals surface area (Å²) in [6.07, 6.45) is 0. The Balaban J connectivity index is 2.13. The molecule has 5 nitrogen and oxygen atoms in total. The quantitative estimate of drug-likeness (QED) is 0.705. The van der Waals surface area contributed by atoms with Crippen molar-refractivity contribution in [3.63, 3.8) is 0 Å². The lowest BCUT2D eigenvalue weighted by Crippen LogP contribution is -3.07. The Hall–Kier alpha value is -2.24. The molecule has 0 aliphatic carbocycles. The molecule has 0 radical (unpaired) electrons. The van der Waals surface area contributed by atoms with E-state index in [0.29, 0.717) is 18.7 Å². The maximum Gasteiger partial charge on any atom is 0.251 e. The Morgan fingerprint density at radius 1 is 1.28 bits per heavy atom. The molecule has 0 saturated heterocycles. The summed E-state index contributed by atoms with van der Waals surface area (Å²) in [7, 11) is 4.10. The molecule has 0 aliphatic rings. The number of phenols is 1. The predicted octanol–water partition coefficient (Wildman–Crippen LogP) is 2.06. The number of halogens is 1. The fraction of sp³-hybridized carbons (Fsp3) is 0.316. The number of phenolic OH excluding ortho intramolecular Hbond substituents is 1. The van der Waals surface area contributed by atoms with E-state index in [4.69, 9.17) is 16.3 Å². The van der Waals surface area contributed by atoms with Gasteiger partial charge in [-0.05, 0) is 19.1 Å². The number of nitrogens with one attached hydrogen (secondary N) is 2. The molecule has 6 heteroatoms. The zero-order chi connectivity index (χ0) is 18.4. The van der Waals surface area contributed by atoms with Gasteiger partial charge in [-0.3, -0.25) is 4.79 Å². The highest BCUT2D eigenvalue weighted by molar-refractivity contribution is 6.32. The van der Waals surface area contributed by atoms with Crippen LogP contribution in [-0.2, 0) is 0 Å². The van der Waals surface area contributed by atoms with Gasteiger partial charge in [-0.15, -0.1) is 0 Å². The van der Waals surface area contributed by atoms with Crippen molar-refractivity contribution in [3.8, 4) is 11.5 Å². The van der Waals surface area contributed by atoms with Gasteiger partial charge in [0.2, 0.25) is 0 Å². The normalized spacial score (nSPS) is 12.0. The van der Waals surface area contributed by atoms with Crippen LogP contribution in [0.2, 0.25) is 5.02 Å². The van der Waals surface area contributed by atoms with E-state index < -0.39 is 0 Å². The minimum Gasteiger partial charge on any atom is -0.503 e. The summed E-state index contributed by atoms with van der Waals surface area (Å²) in [6, 6.07) is 13.1. The summed E-state index contributed by atoms with van der Waals surface area (Å²) < 4.78 is 5.32. The summed E-state index contributed by atoms with van der Waals surface area (Å²) in [5, 5.41) is 12.9. The molecule has 1 atom stereocenters. The number of rotatable bonds is 7. The zero-order valence-corrected chi connectivity index (χ0v) is 15.4. The van der Waals surface area contributed by atoms with Crippen LogP contribution in [0.4, 0.5) is 0 Å². The molecule has 0 saturated carbocycles. The van der Waals surface area contributed by atoms with Gasteiger partial charge in [-0.1, -0.05) is 41.9 Å². The summed E-state index contributed by atoms with van der Waals surface area (Å²) in [5.74, 6) is -0.206. The van der Waals surface area contributed by atoms with Crippen LogP contribution >= 0.6 is 11.6 Å². The summed E-state index contributed by atoms with van der Waals surface area (Å²) >= 11 is 5.99. The van der Waals surface area contributed by atoms with Crippen LogP contribution in [0.3, 0.4) is 0 Å². The Morgan fingerprint density at radius 2 is 1.96 bits per heavy atom. The number of likely N-dealkylation sites (N-methyl/N-ethyl adjacent to an activating group) is 1. The lowest BCUT2D eigenvalue weighted by Gasteiger charge is -2.22. The summed E-state index contributed by atoms with van der Waals surface area (Å²) in [6.45, 7) is 2.65. The molecule has 2 aromatic carbocycles. The van der Waals surface area contributed by atoms with Gasteiger partial charge in [0, 0.05) is 11.1 Å². The number of carbonyl (C=O) groups excluding carboxylic acids is 1. The minimum atomic E-state index is -0.259. The molecule has 134 valence electrons. The van der Waals surface area contributed by atoms with E-state index in [0.717, 1.165) is 5.56 Å². The minimum absolute atomic E-state index is 0.0916. The Kier molecular flexibility index (Phi) is 6.67. The van der Waals surface area contributed by atoms with Gasteiger partial charge in [0.25, 0.3) is 5.91 Å². The number of aromatic hydroxyl groups is 1. The van der Waals surface area contributed by atoms with Gasteiger partial charge in [-0.2, -0.15) is 0 Å². The van der Waals surface area contributed by atoms with Gasteiger partial charge in [0.15, 0.2) is 11.5 Å². The maximum absolute atomic E-state index is 12.5. The standard InChI is InChI=1S/C19H23ClN2O3/c1-4-25-17-11-14(10-15(20)18(17)23)19(24)21-12-16(22(2)3)13-8-6-5-7-9-13/h5-11,16,23H,4,12H2,1-3H3,(H,21,24)/p+1/t16-/m0/s1. The topological polar surface area (TPSA) is 63.0 Å². The van der Waals surface area contributed by atoms with E-state index in [1.165, 1.54) is 17.0 Å². The van der Waals surface area contributed by atoms with Crippen LogP contribution < -0.4 is 15.0 Å². The summed E-state index contributed by atoms with van der Waals surface area (Å²) in [4.78, 5) is 13.7. The van der Waals surface area contributed by atoms with Gasteiger partial charge < -0.3 is 20.1 Å². The molecular weight excluding hydrogens is 340 g/mol. The molecule has 2 rings (SSSR count). The van der Waals surface area contributed by atoms with Crippen molar-refractivity contribution >= 4 is 17.5 Å². The van der Waals surface area contributed by atoms with Crippen molar-refractivity contribution < 1.29 is 19.5 Å². The molecule has 0 aliphatic heterocycles. The lowest BCUT2D eigenvalue weighted by atomic mass is 10.1. The van der Waals surface area contributed by atoms with Crippen LogP contribution in [0.25, 0.3) is 0 Å². The SMILES string of the molecule is CCOc1cc(C(=O)NC[C@@H](c2ccccc2)[NH+](C)C)cc(Cl)c1O. The molecule has 0 heterocycles. The second kappa shape index (κ2) is 8.74. The molecule has 0 spiro atoms. The molecule has 2 aromatic rings. The highest BCUT2D eigenvalue weighted by Gasteiger charge is 2.20. The molecule has 0 unspecified atom stereocenters. The average molecular weight is 364 g/mol. The highest BCUT2D eigenvalue weighted by Crippen LogP contribution is 2.35. The molecule has 0 aromatic heterocycles. The zero-order valence-electron chi connectivity index (χ0n) is 14.7. The second-order valence-electron chi connectivity index (χ2n) is 5.99. The van der Waals surface area contributed by atoms with Crippen LogP contribution in [0.5, 0.6) is 11.5 Å². The monoisotopic (exact) mass is 363 g/mol. The maximum atomic E-state index is 12.5. The Bertz CT molecular complexity index is 720. The average Bonchev–Trinajstić information content (AvgIpc) is 2.59. The fourth-order valence-electron chi connectivity index (χ4n) is 2.61. The van der Waals surface area contributed by atoms with E-state index in [-0.39, 0.29) is 28.5 Å². The molecule has 25 heavy (non-hydrogen) atoms. The van der Waals surface area contributed by atoms with E-state index >= 15 is 0 Å². The number of hydrogen-bond acceptors (Lipinski definition) is 3. The van der Waals surface area contributed by atoms with Crippen molar-refractivity contribution in [2.75, 3.05) is 27.2 Å². The van der Waals surface area contributed by atoms with Gasteiger partial charge in [0.05, 0.1) is 32.3 Å². The van der Waals surface area contributed by atoms with E-state index in [1.807, 2.05) is 18.2 Å². The van der Waals surface area contributed by atoms with Crippen molar-refractivity contribution in [2.45, 2.75) is 13.0 Å². The third kappa shape index (κ3) is 4.87. The molecule has 1 amide bonds. The number of carbonyl (C=O) groups is 1. The number of hydrogen-bond donors (Lipinski definition) is 3. The molecule has 3 N–H and O–H groups in total. The largest absolute Gasteiger partial charge is 0.503 e. The summed E-state index contributed by atoms with van der Waals surface area (Å²) in [5.41, 5.74) is 1.51. The third-order valence-electron chi connectivity index (χ3n) is 3.96. The van der Waals surface area contributed by atoms with Gasteiger partial charge >= 0.3 is 0 Å². The second-order valence-corrected chi connectivity index (χ2v) is 6.40. The van der Waals surface area contributed by atoms with Gasteiger partial charge in [0.1, 0.15) is 6.04 Å².